The molecule has 0 saturated carbocycles. The highest BCUT2D eigenvalue weighted by Gasteiger charge is 2.11. The fourth-order valence-corrected chi connectivity index (χ4v) is 2.72. The van der Waals surface area contributed by atoms with Gasteiger partial charge in [0.2, 0.25) is 0 Å². The number of hydrogen-bond acceptors (Lipinski definition) is 2. The van der Waals surface area contributed by atoms with Gasteiger partial charge in [0.05, 0.1) is 5.52 Å². The standard InChI is InChI=1S/C17H17ClFN3/c1-10-11(2)21-16-14(10)9-15(18)22-17(16)20-8-7-12-3-5-13(19)6-4-12/h3-6,9,21H,7-8H2,1-2H3,(H,20,22). The summed E-state index contributed by atoms with van der Waals surface area (Å²) in [6.07, 6.45) is 0.786. The summed E-state index contributed by atoms with van der Waals surface area (Å²) in [6.45, 7) is 4.80. The van der Waals surface area contributed by atoms with Gasteiger partial charge in [0.25, 0.3) is 0 Å². The summed E-state index contributed by atoms with van der Waals surface area (Å²) >= 11 is 6.11. The molecule has 22 heavy (non-hydrogen) atoms. The Morgan fingerprint density at radius 3 is 2.68 bits per heavy atom. The van der Waals surface area contributed by atoms with Gasteiger partial charge in [-0.15, -0.1) is 0 Å². The van der Waals surface area contributed by atoms with E-state index in [4.69, 9.17) is 11.6 Å². The lowest BCUT2D eigenvalue weighted by Gasteiger charge is -2.08. The Bertz CT molecular complexity index is 809. The van der Waals surface area contributed by atoms with Crippen molar-refractivity contribution < 1.29 is 4.39 Å². The lowest BCUT2D eigenvalue weighted by Crippen LogP contribution is -2.07. The van der Waals surface area contributed by atoms with Crippen LogP contribution in [-0.2, 0) is 6.42 Å². The highest BCUT2D eigenvalue weighted by molar-refractivity contribution is 6.30. The summed E-state index contributed by atoms with van der Waals surface area (Å²) in [7, 11) is 0. The van der Waals surface area contributed by atoms with Crippen molar-refractivity contribution in [1.29, 1.82) is 0 Å². The van der Waals surface area contributed by atoms with Crippen LogP contribution < -0.4 is 5.32 Å². The van der Waals surface area contributed by atoms with Gasteiger partial charge in [0.15, 0.2) is 5.82 Å². The number of fused-ring (bicyclic) bond motifs is 1. The highest BCUT2D eigenvalue weighted by atomic mass is 35.5. The molecule has 2 heterocycles. The molecule has 5 heteroatoms. The Labute approximate surface area is 133 Å². The van der Waals surface area contributed by atoms with Crippen LogP contribution in [-0.4, -0.2) is 16.5 Å². The van der Waals surface area contributed by atoms with Gasteiger partial charge >= 0.3 is 0 Å². The third-order valence-corrected chi connectivity index (χ3v) is 4.08. The molecular formula is C17H17ClFN3. The van der Waals surface area contributed by atoms with Crippen LogP contribution in [0.4, 0.5) is 10.2 Å². The normalized spacial score (nSPS) is 11.1. The van der Waals surface area contributed by atoms with E-state index in [9.17, 15) is 4.39 Å². The number of aromatic nitrogens is 2. The second kappa shape index (κ2) is 5.97. The second-order valence-corrected chi connectivity index (χ2v) is 5.78. The van der Waals surface area contributed by atoms with E-state index < -0.39 is 0 Å². The molecule has 0 bridgehead atoms. The number of aryl methyl sites for hydroxylation is 2. The monoisotopic (exact) mass is 317 g/mol. The zero-order valence-corrected chi connectivity index (χ0v) is 13.3. The quantitative estimate of drug-likeness (QED) is 0.689. The number of pyridine rings is 1. The number of nitrogens with one attached hydrogen (secondary N) is 2. The maximum absolute atomic E-state index is 12.9. The molecule has 0 fully saturated rings. The van der Waals surface area contributed by atoms with Crippen molar-refractivity contribution in [2.24, 2.45) is 0 Å². The Morgan fingerprint density at radius 2 is 1.95 bits per heavy atom. The molecule has 114 valence electrons. The topological polar surface area (TPSA) is 40.7 Å². The van der Waals surface area contributed by atoms with E-state index in [0.29, 0.717) is 11.7 Å². The van der Waals surface area contributed by atoms with E-state index in [-0.39, 0.29) is 5.82 Å². The third kappa shape index (κ3) is 2.92. The highest BCUT2D eigenvalue weighted by Crippen LogP contribution is 2.28. The molecule has 0 saturated heterocycles. The molecule has 1 aromatic carbocycles. The molecule has 0 spiro atoms. The molecule has 3 rings (SSSR count). The lowest BCUT2D eigenvalue weighted by atomic mass is 10.1. The molecule has 0 unspecified atom stereocenters. The van der Waals surface area contributed by atoms with Crippen molar-refractivity contribution in [2.75, 3.05) is 11.9 Å². The van der Waals surface area contributed by atoms with Gasteiger partial charge in [-0.2, -0.15) is 0 Å². The maximum atomic E-state index is 12.9. The second-order valence-electron chi connectivity index (χ2n) is 5.39. The molecule has 0 aliphatic rings. The predicted molar refractivity (Wildman–Crippen MR) is 89.2 cm³/mol. The number of halogens is 2. The number of anilines is 1. The van der Waals surface area contributed by atoms with Crippen LogP contribution >= 0.6 is 11.6 Å². The summed E-state index contributed by atoms with van der Waals surface area (Å²) in [5.74, 6) is 0.535. The minimum absolute atomic E-state index is 0.215. The molecule has 2 aromatic heterocycles. The Morgan fingerprint density at radius 1 is 1.23 bits per heavy atom. The Balaban J connectivity index is 1.79. The zero-order chi connectivity index (χ0) is 15.7. The first kappa shape index (κ1) is 14.9. The molecule has 0 amide bonds. The summed E-state index contributed by atoms with van der Waals surface area (Å²) in [6, 6.07) is 8.41. The fraction of sp³-hybridized carbons (Fsp3) is 0.235. The van der Waals surface area contributed by atoms with E-state index in [1.54, 1.807) is 12.1 Å². The number of nitrogens with zero attached hydrogens (tertiary/aromatic N) is 1. The Kier molecular flexibility index (Phi) is 4.03. The van der Waals surface area contributed by atoms with E-state index in [0.717, 1.165) is 34.4 Å². The van der Waals surface area contributed by atoms with Crippen molar-refractivity contribution >= 4 is 28.3 Å². The average molecular weight is 318 g/mol. The van der Waals surface area contributed by atoms with Gasteiger partial charge < -0.3 is 10.3 Å². The number of hydrogen-bond donors (Lipinski definition) is 2. The van der Waals surface area contributed by atoms with Gasteiger partial charge in [0, 0.05) is 17.6 Å². The maximum Gasteiger partial charge on any atom is 0.152 e. The molecule has 0 atom stereocenters. The molecule has 3 nitrogen and oxygen atoms in total. The van der Waals surface area contributed by atoms with Crippen LogP contribution in [0.5, 0.6) is 0 Å². The third-order valence-electron chi connectivity index (χ3n) is 3.89. The Hall–Kier alpha value is -2.07. The first-order valence-corrected chi connectivity index (χ1v) is 7.56. The SMILES string of the molecule is Cc1[nH]c2c(NCCc3ccc(F)cc3)nc(Cl)cc2c1C. The van der Waals surface area contributed by atoms with Crippen molar-refractivity contribution in [1.82, 2.24) is 9.97 Å². The van der Waals surface area contributed by atoms with Gasteiger partial charge in [-0.25, -0.2) is 9.37 Å². The molecule has 0 aliphatic carbocycles. The van der Waals surface area contributed by atoms with Crippen LogP contribution in [0.25, 0.3) is 10.9 Å². The predicted octanol–water partition coefficient (Wildman–Crippen LogP) is 4.63. The van der Waals surface area contributed by atoms with Gasteiger partial charge in [-0.05, 0) is 49.6 Å². The van der Waals surface area contributed by atoms with E-state index in [1.165, 1.54) is 17.7 Å². The molecular weight excluding hydrogens is 301 g/mol. The zero-order valence-electron chi connectivity index (χ0n) is 12.5. The van der Waals surface area contributed by atoms with Crippen LogP contribution in [0, 0.1) is 19.7 Å². The minimum atomic E-state index is -0.215. The first-order valence-electron chi connectivity index (χ1n) is 7.18. The number of rotatable bonds is 4. The van der Waals surface area contributed by atoms with E-state index >= 15 is 0 Å². The average Bonchev–Trinajstić information content (AvgIpc) is 2.77. The van der Waals surface area contributed by atoms with Crippen LogP contribution in [0.3, 0.4) is 0 Å². The summed E-state index contributed by atoms with van der Waals surface area (Å²) in [5.41, 5.74) is 4.34. The summed E-state index contributed by atoms with van der Waals surface area (Å²) < 4.78 is 12.9. The molecule has 0 radical (unpaired) electrons. The van der Waals surface area contributed by atoms with Gasteiger partial charge in [-0.1, -0.05) is 23.7 Å². The first-order chi connectivity index (χ1) is 10.5. The lowest BCUT2D eigenvalue weighted by molar-refractivity contribution is 0.627. The van der Waals surface area contributed by atoms with Crippen LogP contribution in [0.15, 0.2) is 30.3 Å². The van der Waals surface area contributed by atoms with Crippen molar-refractivity contribution in [3.8, 4) is 0 Å². The fourth-order valence-electron chi connectivity index (χ4n) is 2.52. The van der Waals surface area contributed by atoms with E-state index in [1.807, 2.05) is 13.0 Å². The largest absolute Gasteiger partial charge is 0.368 e. The number of benzene rings is 1. The van der Waals surface area contributed by atoms with Crippen LogP contribution in [0.1, 0.15) is 16.8 Å². The smallest absolute Gasteiger partial charge is 0.152 e. The molecule has 3 aromatic rings. The molecule has 0 aliphatic heterocycles. The molecule has 2 N–H and O–H groups in total. The van der Waals surface area contributed by atoms with Crippen molar-refractivity contribution in [3.05, 3.63) is 58.1 Å². The van der Waals surface area contributed by atoms with Crippen molar-refractivity contribution in [3.63, 3.8) is 0 Å². The van der Waals surface area contributed by atoms with Crippen molar-refractivity contribution in [2.45, 2.75) is 20.3 Å². The van der Waals surface area contributed by atoms with Gasteiger partial charge in [-0.3, -0.25) is 0 Å². The summed E-state index contributed by atoms with van der Waals surface area (Å²) in [4.78, 5) is 7.71. The van der Waals surface area contributed by atoms with E-state index in [2.05, 4.69) is 22.2 Å². The van der Waals surface area contributed by atoms with Gasteiger partial charge in [0.1, 0.15) is 11.0 Å². The number of aromatic amines is 1. The minimum Gasteiger partial charge on any atom is -0.368 e. The summed E-state index contributed by atoms with van der Waals surface area (Å²) in [5, 5.41) is 4.87. The number of H-pyrrole nitrogens is 1. The van der Waals surface area contributed by atoms with Crippen LogP contribution in [0.2, 0.25) is 5.15 Å².